The molecule has 100 valence electrons. The molecule has 19 heavy (non-hydrogen) atoms. The Kier molecular flexibility index (Phi) is 3.85. The SMILES string of the molecule is CCCCn1cc(C(N)=O)c(=O)c2nc(Cl)ccc21. The minimum absolute atomic E-state index is 0.0571. The van der Waals surface area contributed by atoms with E-state index in [2.05, 4.69) is 11.9 Å². The van der Waals surface area contributed by atoms with Gasteiger partial charge in [0.15, 0.2) is 0 Å². The molecule has 6 heteroatoms. The number of aromatic nitrogens is 2. The monoisotopic (exact) mass is 279 g/mol. The predicted octanol–water partition coefficient (Wildman–Crippen LogP) is 1.95. The Morgan fingerprint density at radius 2 is 2.21 bits per heavy atom. The van der Waals surface area contributed by atoms with Crippen LogP contribution in [0, 0.1) is 0 Å². The maximum absolute atomic E-state index is 12.1. The molecule has 0 saturated carbocycles. The summed E-state index contributed by atoms with van der Waals surface area (Å²) in [6.45, 7) is 2.76. The quantitative estimate of drug-likeness (QED) is 0.869. The predicted molar refractivity (Wildman–Crippen MR) is 74.4 cm³/mol. The number of nitrogens with zero attached hydrogens (tertiary/aromatic N) is 2. The third kappa shape index (κ3) is 2.61. The second-order valence-electron chi connectivity index (χ2n) is 4.28. The van der Waals surface area contributed by atoms with Crippen molar-refractivity contribution in [2.75, 3.05) is 0 Å². The van der Waals surface area contributed by atoms with Crippen LogP contribution in [0.1, 0.15) is 30.1 Å². The Labute approximate surface area is 115 Å². The lowest BCUT2D eigenvalue weighted by molar-refractivity contribution is 0.0998. The van der Waals surface area contributed by atoms with Gasteiger partial charge >= 0.3 is 0 Å². The highest BCUT2D eigenvalue weighted by Gasteiger charge is 2.14. The van der Waals surface area contributed by atoms with Gasteiger partial charge in [0.1, 0.15) is 16.2 Å². The highest BCUT2D eigenvalue weighted by Crippen LogP contribution is 2.14. The van der Waals surface area contributed by atoms with Crippen molar-refractivity contribution in [3.8, 4) is 0 Å². The fourth-order valence-electron chi connectivity index (χ4n) is 1.93. The fourth-order valence-corrected chi connectivity index (χ4v) is 2.07. The average Bonchev–Trinajstić information content (AvgIpc) is 2.38. The zero-order valence-corrected chi connectivity index (χ0v) is 11.3. The van der Waals surface area contributed by atoms with E-state index in [1.807, 2.05) is 4.57 Å². The first-order chi connectivity index (χ1) is 9.04. The summed E-state index contributed by atoms with van der Waals surface area (Å²) in [5, 5.41) is 0.216. The second-order valence-corrected chi connectivity index (χ2v) is 4.67. The molecule has 0 saturated heterocycles. The number of hydrogen-bond donors (Lipinski definition) is 1. The number of fused-ring (bicyclic) bond motifs is 1. The number of carbonyl (C=O) groups excluding carboxylic acids is 1. The first kappa shape index (κ1) is 13.5. The van der Waals surface area contributed by atoms with E-state index in [9.17, 15) is 9.59 Å². The molecule has 0 radical (unpaired) electrons. The summed E-state index contributed by atoms with van der Waals surface area (Å²) in [5.74, 6) is -0.751. The molecular weight excluding hydrogens is 266 g/mol. The molecule has 0 bridgehead atoms. The van der Waals surface area contributed by atoms with Crippen molar-refractivity contribution in [2.45, 2.75) is 26.3 Å². The van der Waals surface area contributed by atoms with Crippen LogP contribution in [-0.4, -0.2) is 15.5 Å². The molecule has 5 nitrogen and oxygen atoms in total. The number of amides is 1. The number of halogens is 1. The first-order valence-electron chi connectivity index (χ1n) is 6.04. The molecule has 0 fully saturated rings. The minimum atomic E-state index is -0.751. The van der Waals surface area contributed by atoms with Crippen LogP contribution in [-0.2, 0) is 6.54 Å². The van der Waals surface area contributed by atoms with Crippen LogP contribution in [0.3, 0.4) is 0 Å². The van der Waals surface area contributed by atoms with Gasteiger partial charge in [-0.15, -0.1) is 0 Å². The Hall–Kier alpha value is -1.88. The van der Waals surface area contributed by atoms with E-state index in [-0.39, 0.29) is 16.2 Å². The van der Waals surface area contributed by atoms with Crippen molar-refractivity contribution in [3.05, 3.63) is 39.3 Å². The zero-order valence-electron chi connectivity index (χ0n) is 10.5. The molecule has 0 aliphatic carbocycles. The number of rotatable bonds is 4. The number of aryl methyl sites for hydroxylation is 1. The summed E-state index contributed by atoms with van der Waals surface area (Å²) in [4.78, 5) is 27.4. The van der Waals surface area contributed by atoms with Gasteiger partial charge in [0.05, 0.1) is 5.52 Å². The van der Waals surface area contributed by atoms with Gasteiger partial charge in [-0.05, 0) is 18.6 Å². The maximum atomic E-state index is 12.1. The molecule has 0 atom stereocenters. The normalized spacial score (nSPS) is 10.8. The van der Waals surface area contributed by atoms with E-state index < -0.39 is 11.3 Å². The van der Waals surface area contributed by atoms with E-state index in [0.717, 1.165) is 12.8 Å². The number of pyridine rings is 2. The van der Waals surface area contributed by atoms with Gasteiger partial charge in [0.2, 0.25) is 5.43 Å². The molecule has 1 amide bonds. The smallest absolute Gasteiger partial charge is 0.254 e. The van der Waals surface area contributed by atoms with Crippen molar-refractivity contribution in [3.63, 3.8) is 0 Å². The topological polar surface area (TPSA) is 78.0 Å². The van der Waals surface area contributed by atoms with Crippen LogP contribution in [0.5, 0.6) is 0 Å². The van der Waals surface area contributed by atoms with E-state index >= 15 is 0 Å². The van der Waals surface area contributed by atoms with Crippen molar-refractivity contribution < 1.29 is 4.79 Å². The van der Waals surface area contributed by atoms with Gasteiger partial charge in [0.25, 0.3) is 5.91 Å². The third-order valence-corrected chi connectivity index (χ3v) is 3.12. The van der Waals surface area contributed by atoms with Crippen LogP contribution in [0.15, 0.2) is 23.1 Å². The highest BCUT2D eigenvalue weighted by atomic mass is 35.5. The molecule has 0 aromatic carbocycles. The number of hydrogen-bond acceptors (Lipinski definition) is 3. The number of nitrogens with two attached hydrogens (primary N) is 1. The summed E-state index contributed by atoms with van der Waals surface area (Å²) in [7, 11) is 0. The van der Waals surface area contributed by atoms with E-state index in [1.165, 1.54) is 6.20 Å². The maximum Gasteiger partial charge on any atom is 0.254 e. The fraction of sp³-hybridized carbons (Fsp3) is 0.308. The van der Waals surface area contributed by atoms with Crippen LogP contribution in [0.25, 0.3) is 11.0 Å². The molecule has 0 aliphatic heterocycles. The van der Waals surface area contributed by atoms with Gasteiger partial charge in [-0.25, -0.2) is 4.98 Å². The number of primary amides is 1. The molecule has 2 aromatic rings. The number of unbranched alkanes of at least 4 members (excludes halogenated alkanes) is 1. The van der Waals surface area contributed by atoms with E-state index in [1.54, 1.807) is 12.1 Å². The summed E-state index contributed by atoms with van der Waals surface area (Å²) < 4.78 is 1.82. The third-order valence-electron chi connectivity index (χ3n) is 2.91. The van der Waals surface area contributed by atoms with Crippen molar-refractivity contribution in [1.82, 2.24) is 9.55 Å². The minimum Gasteiger partial charge on any atom is -0.365 e. The van der Waals surface area contributed by atoms with Crippen LogP contribution < -0.4 is 11.2 Å². The van der Waals surface area contributed by atoms with Crippen LogP contribution in [0.2, 0.25) is 5.15 Å². The Balaban J connectivity index is 2.76. The first-order valence-corrected chi connectivity index (χ1v) is 6.42. The van der Waals surface area contributed by atoms with Gasteiger partial charge in [0, 0.05) is 12.7 Å². The van der Waals surface area contributed by atoms with Crippen molar-refractivity contribution >= 4 is 28.5 Å². The number of carbonyl (C=O) groups is 1. The largest absolute Gasteiger partial charge is 0.365 e. The van der Waals surface area contributed by atoms with Gasteiger partial charge in [-0.2, -0.15) is 0 Å². The Bertz CT molecular complexity index is 694. The zero-order chi connectivity index (χ0) is 14.0. The van der Waals surface area contributed by atoms with E-state index in [0.29, 0.717) is 12.1 Å². The standard InChI is InChI=1S/C13H14ClN3O2/c1-2-3-6-17-7-8(13(15)19)12(18)11-9(17)4-5-10(14)16-11/h4-5,7H,2-3,6H2,1H3,(H2,15,19). The van der Waals surface area contributed by atoms with E-state index in [4.69, 9.17) is 17.3 Å². The van der Waals surface area contributed by atoms with Gasteiger partial charge < -0.3 is 10.3 Å². The molecule has 2 rings (SSSR count). The molecule has 0 unspecified atom stereocenters. The summed E-state index contributed by atoms with van der Waals surface area (Å²) in [6.07, 6.45) is 3.43. The lowest BCUT2D eigenvalue weighted by atomic mass is 10.2. The van der Waals surface area contributed by atoms with Gasteiger partial charge in [-0.1, -0.05) is 24.9 Å². The average molecular weight is 280 g/mol. The summed E-state index contributed by atoms with van der Waals surface area (Å²) in [5.41, 5.74) is 5.54. The van der Waals surface area contributed by atoms with Crippen molar-refractivity contribution in [2.24, 2.45) is 5.73 Å². The second kappa shape index (κ2) is 5.40. The van der Waals surface area contributed by atoms with Crippen molar-refractivity contribution in [1.29, 1.82) is 0 Å². The van der Waals surface area contributed by atoms with Crippen LogP contribution >= 0.6 is 11.6 Å². The molecule has 0 spiro atoms. The molecule has 2 heterocycles. The molecule has 2 aromatic heterocycles. The lowest BCUT2D eigenvalue weighted by Gasteiger charge is -2.11. The molecular formula is C13H14ClN3O2. The summed E-state index contributed by atoms with van der Waals surface area (Å²) >= 11 is 5.80. The van der Waals surface area contributed by atoms with Crippen LogP contribution in [0.4, 0.5) is 0 Å². The summed E-state index contributed by atoms with van der Waals surface area (Å²) in [6, 6.07) is 3.35. The molecule has 0 aliphatic rings. The van der Waals surface area contributed by atoms with Gasteiger partial charge in [-0.3, -0.25) is 9.59 Å². The lowest BCUT2D eigenvalue weighted by Crippen LogP contribution is -2.24. The molecule has 2 N–H and O–H groups in total. The Morgan fingerprint density at radius 1 is 1.47 bits per heavy atom. The Morgan fingerprint density at radius 3 is 2.84 bits per heavy atom. The highest BCUT2D eigenvalue weighted by molar-refractivity contribution is 6.29.